The lowest BCUT2D eigenvalue weighted by Gasteiger charge is -2.18. The molecule has 0 spiro atoms. The molecule has 0 fully saturated rings. The molecule has 16 heteroatoms. The van der Waals surface area contributed by atoms with Crippen molar-refractivity contribution in [1.29, 1.82) is 0 Å². The van der Waals surface area contributed by atoms with E-state index in [9.17, 15) is 28.5 Å². The minimum absolute atomic E-state index is 0.00827. The minimum Gasteiger partial charge on any atom is -0.463 e. The fraction of sp³-hybridized carbons (Fsp3) is 0.385. The topological polar surface area (TPSA) is 165 Å². The molecule has 0 bridgehead atoms. The number of nitrogen functional groups attached to an aromatic ring is 1. The van der Waals surface area contributed by atoms with Crippen molar-refractivity contribution in [2.75, 3.05) is 18.9 Å². The third-order valence-corrected chi connectivity index (χ3v) is 6.71. The maximum absolute atomic E-state index is 13.5. The summed E-state index contributed by atoms with van der Waals surface area (Å²) in [4.78, 5) is 43.8. The van der Waals surface area contributed by atoms with Gasteiger partial charge in [-0.25, -0.2) is 14.0 Å². The number of carbonyl (C=O) groups excluding carboxylic acids is 2. The van der Waals surface area contributed by atoms with Crippen LogP contribution in [0, 0.1) is 21.7 Å². The zero-order valence-electron chi connectivity index (χ0n) is 22.8. The van der Waals surface area contributed by atoms with Crippen LogP contribution in [0.4, 0.5) is 20.2 Å². The monoisotopic (exact) mass is 630 g/mol. The molecule has 2 aliphatic heterocycles. The number of rotatable bonds is 7. The maximum Gasteiger partial charge on any atom is 0.353 e. The van der Waals surface area contributed by atoms with E-state index in [1.807, 2.05) is 0 Å². The van der Waals surface area contributed by atoms with Gasteiger partial charge in [-0.05, 0) is 39.8 Å². The Labute approximate surface area is 248 Å². The number of benzene rings is 2. The third-order valence-electron chi connectivity index (χ3n) is 6.08. The first-order chi connectivity index (χ1) is 19.7. The standard InChI is InChI=1S/C13H12ClFN2O5.C13H14ClFN2O3/c1-3-21-12(18)13(2)6-10(16-22-13)7-4-11(17(19)20)9(15)5-8(7)14;1-3-19-12(18)13(2)6-11(17-20-13)7-4-10(16)9(15)5-8(7)14/h4-5H,3,6H2,1-2H3;4-5H,3,6,16H2,1-2H3. The fourth-order valence-corrected chi connectivity index (χ4v) is 4.36. The normalized spacial score (nSPS) is 20.8. The number of oxime groups is 2. The van der Waals surface area contributed by atoms with E-state index in [4.69, 9.17) is 48.1 Å². The van der Waals surface area contributed by atoms with Crippen molar-refractivity contribution >= 4 is 57.9 Å². The zero-order chi connectivity index (χ0) is 31.4. The van der Waals surface area contributed by atoms with Crippen LogP contribution in [0.3, 0.4) is 0 Å². The van der Waals surface area contributed by atoms with Gasteiger partial charge in [0.1, 0.15) is 5.82 Å². The van der Waals surface area contributed by atoms with Crippen LogP contribution in [0.15, 0.2) is 34.6 Å². The van der Waals surface area contributed by atoms with Gasteiger partial charge in [0.25, 0.3) is 0 Å². The molecular formula is C26H26Cl2F2N4O8. The second-order valence-electron chi connectivity index (χ2n) is 9.41. The van der Waals surface area contributed by atoms with Gasteiger partial charge < -0.3 is 24.9 Å². The lowest BCUT2D eigenvalue weighted by atomic mass is 9.95. The van der Waals surface area contributed by atoms with E-state index in [0.717, 1.165) is 18.2 Å². The Morgan fingerprint density at radius 3 is 1.79 bits per heavy atom. The Hall–Kier alpha value is -4.04. The summed E-state index contributed by atoms with van der Waals surface area (Å²) >= 11 is 11.9. The van der Waals surface area contributed by atoms with Gasteiger partial charge in [-0.15, -0.1) is 0 Å². The van der Waals surface area contributed by atoms with Gasteiger partial charge in [0.15, 0.2) is 0 Å². The highest BCUT2D eigenvalue weighted by molar-refractivity contribution is 6.35. The second-order valence-corrected chi connectivity index (χ2v) is 10.2. The van der Waals surface area contributed by atoms with Crippen LogP contribution in [0.5, 0.6) is 0 Å². The van der Waals surface area contributed by atoms with Crippen LogP contribution in [0.1, 0.15) is 51.7 Å². The molecule has 4 rings (SSSR count). The number of nitrogens with two attached hydrogens (primary N) is 1. The summed E-state index contributed by atoms with van der Waals surface area (Å²) in [6.07, 6.45) is 0.185. The second kappa shape index (κ2) is 12.9. The van der Waals surface area contributed by atoms with Crippen molar-refractivity contribution < 1.29 is 42.4 Å². The van der Waals surface area contributed by atoms with E-state index in [2.05, 4.69) is 10.3 Å². The van der Waals surface area contributed by atoms with Crippen LogP contribution < -0.4 is 5.73 Å². The van der Waals surface area contributed by atoms with E-state index in [-0.39, 0.29) is 53.1 Å². The Balaban J connectivity index is 0.000000231. The Kier molecular flexibility index (Phi) is 9.94. The summed E-state index contributed by atoms with van der Waals surface area (Å²) in [5.74, 6) is -2.77. The summed E-state index contributed by atoms with van der Waals surface area (Å²) in [6, 6.07) is 4.28. The van der Waals surface area contributed by atoms with Gasteiger partial charge in [-0.2, -0.15) is 4.39 Å². The molecule has 0 saturated carbocycles. The number of hydrogen-bond acceptors (Lipinski definition) is 11. The van der Waals surface area contributed by atoms with Gasteiger partial charge in [0.05, 0.1) is 45.3 Å². The molecule has 42 heavy (non-hydrogen) atoms. The largest absolute Gasteiger partial charge is 0.463 e. The van der Waals surface area contributed by atoms with Crippen molar-refractivity contribution in [2.45, 2.75) is 51.7 Å². The molecule has 2 aromatic carbocycles. The van der Waals surface area contributed by atoms with Crippen LogP contribution in [-0.2, 0) is 28.7 Å². The van der Waals surface area contributed by atoms with Crippen molar-refractivity contribution in [2.24, 2.45) is 10.3 Å². The maximum atomic E-state index is 13.5. The molecule has 0 saturated heterocycles. The van der Waals surface area contributed by atoms with Crippen molar-refractivity contribution in [3.8, 4) is 0 Å². The molecule has 12 nitrogen and oxygen atoms in total. The van der Waals surface area contributed by atoms with E-state index < -0.39 is 45.4 Å². The van der Waals surface area contributed by atoms with E-state index in [0.29, 0.717) is 11.3 Å². The molecular weight excluding hydrogens is 605 g/mol. The smallest absolute Gasteiger partial charge is 0.353 e. The number of carbonyl (C=O) groups is 2. The van der Waals surface area contributed by atoms with E-state index in [1.54, 1.807) is 20.8 Å². The van der Waals surface area contributed by atoms with Crippen molar-refractivity contribution in [3.05, 3.63) is 67.2 Å². The predicted molar refractivity (Wildman–Crippen MR) is 148 cm³/mol. The lowest BCUT2D eigenvalue weighted by molar-refractivity contribution is -0.387. The quantitative estimate of drug-likeness (QED) is 0.184. The number of nitro groups is 1. The molecule has 2 N–H and O–H groups in total. The molecule has 2 unspecified atom stereocenters. The first kappa shape index (κ1) is 32.5. The average molecular weight is 631 g/mol. The Morgan fingerprint density at radius 2 is 1.36 bits per heavy atom. The van der Waals surface area contributed by atoms with Gasteiger partial charge >= 0.3 is 17.6 Å². The first-order valence-electron chi connectivity index (χ1n) is 12.4. The minimum atomic E-state index is -1.34. The molecule has 226 valence electrons. The van der Waals surface area contributed by atoms with Gasteiger partial charge in [0, 0.05) is 36.1 Å². The molecule has 2 aromatic rings. The summed E-state index contributed by atoms with van der Waals surface area (Å²) in [6.45, 7) is 6.83. The number of esters is 2. The predicted octanol–water partition coefficient (Wildman–Crippen LogP) is 5.34. The van der Waals surface area contributed by atoms with Crippen LogP contribution >= 0.6 is 23.2 Å². The average Bonchev–Trinajstić information content (AvgIpc) is 3.51. The summed E-state index contributed by atoms with van der Waals surface area (Å²) in [7, 11) is 0. The van der Waals surface area contributed by atoms with Crippen molar-refractivity contribution in [1.82, 2.24) is 0 Å². The zero-order valence-corrected chi connectivity index (χ0v) is 24.3. The van der Waals surface area contributed by atoms with Gasteiger partial charge in [-0.3, -0.25) is 10.1 Å². The van der Waals surface area contributed by atoms with Gasteiger partial charge in [0.2, 0.25) is 17.0 Å². The number of hydrogen-bond donors (Lipinski definition) is 1. The summed E-state index contributed by atoms with van der Waals surface area (Å²) in [5.41, 5.74) is 3.43. The number of nitro benzene ring substituents is 1. The van der Waals surface area contributed by atoms with Crippen LogP contribution in [0.2, 0.25) is 10.0 Å². The molecule has 2 heterocycles. The molecule has 2 atom stereocenters. The highest BCUT2D eigenvalue weighted by Gasteiger charge is 2.45. The SMILES string of the molecule is CCOC(=O)C1(C)CC(c2cc(N)c(F)cc2Cl)=NO1.CCOC(=O)C1(C)CC(c2cc([N+](=O)[O-])c(F)cc2Cl)=NO1. The van der Waals surface area contributed by atoms with Crippen LogP contribution in [0.25, 0.3) is 0 Å². The molecule has 0 amide bonds. The fourth-order valence-electron chi connectivity index (χ4n) is 3.84. The first-order valence-corrected chi connectivity index (χ1v) is 13.1. The van der Waals surface area contributed by atoms with E-state index >= 15 is 0 Å². The molecule has 0 aromatic heterocycles. The molecule has 2 aliphatic rings. The summed E-state index contributed by atoms with van der Waals surface area (Å²) < 4.78 is 36.6. The Bertz CT molecular complexity index is 1490. The number of ether oxygens (including phenoxy) is 2. The van der Waals surface area contributed by atoms with E-state index in [1.165, 1.54) is 13.0 Å². The Morgan fingerprint density at radius 1 is 0.929 bits per heavy atom. The number of halogens is 4. The number of nitrogens with zero attached hydrogens (tertiary/aromatic N) is 3. The van der Waals surface area contributed by atoms with Gasteiger partial charge in [-0.1, -0.05) is 33.5 Å². The molecule has 0 aliphatic carbocycles. The van der Waals surface area contributed by atoms with Crippen LogP contribution in [-0.4, -0.2) is 52.7 Å². The lowest BCUT2D eigenvalue weighted by Crippen LogP contribution is -2.37. The third kappa shape index (κ3) is 6.87. The summed E-state index contributed by atoms with van der Waals surface area (Å²) in [5, 5.41) is 18.5. The molecule has 0 radical (unpaired) electrons. The number of anilines is 1. The van der Waals surface area contributed by atoms with Crippen molar-refractivity contribution in [3.63, 3.8) is 0 Å². The highest BCUT2D eigenvalue weighted by Crippen LogP contribution is 2.34. The highest BCUT2D eigenvalue weighted by atomic mass is 35.5.